The van der Waals surface area contributed by atoms with Crippen molar-refractivity contribution in [1.29, 1.82) is 0 Å². The molecule has 2 aromatic rings. The van der Waals surface area contributed by atoms with Gasteiger partial charge in [-0.25, -0.2) is 4.98 Å². The lowest BCUT2D eigenvalue weighted by Gasteiger charge is -2.27. The monoisotopic (exact) mass is 384 g/mol. The van der Waals surface area contributed by atoms with E-state index in [0.29, 0.717) is 25.8 Å². The second kappa shape index (κ2) is 8.49. The normalized spacial score (nSPS) is 20.3. The first-order valence-corrected chi connectivity index (χ1v) is 9.55. The van der Waals surface area contributed by atoms with Gasteiger partial charge < -0.3 is 15.0 Å². The zero-order chi connectivity index (χ0) is 19.3. The maximum atomic E-state index is 10.9. The third-order valence-electron chi connectivity index (χ3n) is 5.09. The van der Waals surface area contributed by atoms with Crippen LogP contribution in [0, 0.1) is 10.1 Å². The molecule has 3 heterocycles. The van der Waals surface area contributed by atoms with Gasteiger partial charge in [-0.3, -0.25) is 15.0 Å². The summed E-state index contributed by atoms with van der Waals surface area (Å²) in [5.74, 6) is 1.57. The number of morpholine rings is 1. The van der Waals surface area contributed by atoms with Crippen molar-refractivity contribution in [3.8, 4) is 0 Å². The van der Waals surface area contributed by atoms with Gasteiger partial charge in [-0.15, -0.1) is 0 Å². The average molecular weight is 384 g/mol. The van der Waals surface area contributed by atoms with Gasteiger partial charge in [-0.2, -0.15) is 4.98 Å². The van der Waals surface area contributed by atoms with Gasteiger partial charge in [0.2, 0.25) is 5.95 Å². The molecular formula is C19H24N6O3. The van der Waals surface area contributed by atoms with Crippen molar-refractivity contribution in [3.63, 3.8) is 0 Å². The van der Waals surface area contributed by atoms with Crippen molar-refractivity contribution in [2.75, 3.05) is 49.6 Å². The molecule has 2 aliphatic heterocycles. The Hall–Kier alpha value is -2.78. The van der Waals surface area contributed by atoms with Crippen LogP contribution in [0.4, 0.5) is 17.5 Å². The van der Waals surface area contributed by atoms with Crippen molar-refractivity contribution >= 4 is 17.5 Å². The lowest BCUT2D eigenvalue weighted by Crippen LogP contribution is -2.37. The number of aromatic nitrogens is 2. The van der Waals surface area contributed by atoms with Crippen LogP contribution in [-0.2, 0) is 11.3 Å². The van der Waals surface area contributed by atoms with E-state index in [1.54, 1.807) is 18.3 Å². The van der Waals surface area contributed by atoms with Gasteiger partial charge in [0, 0.05) is 57.1 Å². The maximum Gasteiger partial charge on any atom is 0.269 e. The van der Waals surface area contributed by atoms with E-state index in [1.165, 1.54) is 6.07 Å². The summed E-state index contributed by atoms with van der Waals surface area (Å²) in [4.78, 5) is 24.1. The molecule has 0 bridgehead atoms. The molecule has 2 aliphatic rings. The summed E-state index contributed by atoms with van der Waals surface area (Å²) in [5, 5.41) is 14.5. The minimum atomic E-state index is -0.348. The van der Waals surface area contributed by atoms with Crippen LogP contribution in [0.25, 0.3) is 0 Å². The highest BCUT2D eigenvalue weighted by Gasteiger charge is 2.23. The highest BCUT2D eigenvalue weighted by atomic mass is 16.6. The standard InChI is InChI=1S/C19H24N6O3/c26-25(27)17-3-1-2-15(12-17)13-23-7-5-16(14-23)21-18-4-6-20-19(22-18)24-8-10-28-11-9-24/h1-4,6,12,16H,5,7-11,13-14H2,(H,20,21,22). The van der Waals surface area contributed by atoms with E-state index in [1.807, 2.05) is 12.1 Å². The van der Waals surface area contributed by atoms with Crippen LogP contribution in [0.15, 0.2) is 36.5 Å². The van der Waals surface area contributed by atoms with Crippen LogP contribution in [0.2, 0.25) is 0 Å². The first-order valence-electron chi connectivity index (χ1n) is 9.55. The molecule has 1 N–H and O–H groups in total. The number of anilines is 2. The minimum Gasteiger partial charge on any atom is -0.378 e. The zero-order valence-electron chi connectivity index (χ0n) is 15.7. The van der Waals surface area contributed by atoms with E-state index in [-0.39, 0.29) is 10.6 Å². The molecule has 4 rings (SSSR count). The lowest BCUT2D eigenvalue weighted by atomic mass is 10.2. The molecule has 9 heteroatoms. The van der Waals surface area contributed by atoms with Crippen molar-refractivity contribution < 1.29 is 9.66 Å². The van der Waals surface area contributed by atoms with Crippen LogP contribution < -0.4 is 10.2 Å². The summed E-state index contributed by atoms with van der Waals surface area (Å²) in [5.41, 5.74) is 1.11. The van der Waals surface area contributed by atoms with Gasteiger partial charge in [-0.1, -0.05) is 12.1 Å². The van der Waals surface area contributed by atoms with Gasteiger partial charge in [0.1, 0.15) is 5.82 Å². The average Bonchev–Trinajstić information content (AvgIpc) is 3.15. The summed E-state index contributed by atoms with van der Waals surface area (Å²) >= 11 is 0. The molecule has 1 aromatic heterocycles. The summed E-state index contributed by atoms with van der Waals surface area (Å²) in [6, 6.07) is 9.05. The molecular weight excluding hydrogens is 360 g/mol. The Kier molecular flexibility index (Phi) is 5.63. The molecule has 2 fully saturated rings. The molecule has 148 valence electrons. The molecule has 28 heavy (non-hydrogen) atoms. The number of nitro benzene ring substituents is 1. The number of nitrogens with zero attached hydrogens (tertiary/aromatic N) is 5. The predicted molar refractivity (Wildman–Crippen MR) is 105 cm³/mol. The topological polar surface area (TPSA) is 96.7 Å². The molecule has 0 saturated carbocycles. The van der Waals surface area contributed by atoms with Gasteiger partial charge in [-0.05, 0) is 18.1 Å². The molecule has 1 atom stereocenters. The third kappa shape index (κ3) is 4.55. The fourth-order valence-electron chi connectivity index (χ4n) is 3.67. The van der Waals surface area contributed by atoms with E-state index in [4.69, 9.17) is 4.74 Å². The Morgan fingerprint density at radius 2 is 2.11 bits per heavy atom. The first-order chi connectivity index (χ1) is 13.7. The fraction of sp³-hybridized carbons (Fsp3) is 0.474. The molecule has 1 unspecified atom stereocenters. The van der Waals surface area contributed by atoms with Gasteiger partial charge in [0.05, 0.1) is 18.1 Å². The first kappa shape index (κ1) is 18.6. The second-order valence-corrected chi connectivity index (χ2v) is 7.13. The van der Waals surface area contributed by atoms with E-state index in [0.717, 1.165) is 49.9 Å². The quantitative estimate of drug-likeness (QED) is 0.596. The second-order valence-electron chi connectivity index (χ2n) is 7.13. The largest absolute Gasteiger partial charge is 0.378 e. The minimum absolute atomic E-state index is 0.142. The number of rotatable bonds is 6. The summed E-state index contributed by atoms with van der Waals surface area (Å²) in [6.45, 7) is 5.56. The highest BCUT2D eigenvalue weighted by molar-refractivity contribution is 5.42. The number of nitrogens with one attached hydrogen (secondary N) is 1. The van der Waals surface area contributed by atoms with E-state index >= 15 is 0 Å². The van der Waals surface area contributed by atoms with Crippen LogP contribution in [0.5, 0.6) is 0 Å². The van der Waals surface area contributed by atoms with Crippen LogP contribution in [0.1, 0.15) is 12.0 Å². The summed E-state index contributed by atoms with van der Waals surface area (Å²) in [6.07, 6.45) is 2.79. The van der Waals surface area contributed by atoms with Crippen molar-refractivity contribution in [1.82, 2.24) is 14.9 Å². The van der Waals surface area contributed by atoms with Crippen LogP contribution >= 0.6 is 0 Å². The number of likely N-dealkylation sites (tertiary alicyclic amines) is 1. The fourth-order valence-corrected chi connectivity index (χ4v) is 3.67. The lowest BCUT2D eigenvalue weighted by molar-refractivity contribution is -0.384. The number of benzene rings is 1. The van der Waals surface area contributed by atoms with Crippen molar-refractivity contribution in [3.05, 3.63) is 52.2 Å². The molecule has 0 amide bonds. The Balaban J connectivity index is 1.33. The predicted octanol–water partition coefficient (Wildman–Crippen LogP) is 1.91. The van der Waals surface area contributed by atoms with E-state index < -0.39 is 0 Å². The SMILES string of the molecule is O=[N+]([O-])c1cccc(CN2CCC(Nc3ccnc(N4CCOCC4)n3)C2)c1. The molecule has 0 radical (unpaired) electrons. The smallest absolute Gasteiger partial charge is 0.269 e. The number of non-ortho nitro benzene ring substituents is 1. The molecule has 9 nitrogen and oxygen atoms in total. The van der Waals surface area contributed by atoms with E-state index in [9.17, 15) is 10.1 Å². The Labute approximate surface area is 163 Å². The summed E-state index contributed by atoms with van der Waals surface area (Å²) in [7, 11) is 0. The molecule has 2 saturated heterocycles. The molecule has 0 spiro atoms. The number of nitro groups is 1. The van der Waals surface area contributed by atoms with Gasteiger partial charge >= 0.3 is 0 Å². The highest BCUT2D eigenvalue weighted by Crippen LogP contribution is 2.20. The van der Waals surface area contributed by atoms with Crippen LogP contribution in [-0.4, -0.2) is 65.2 Å². The van der Waals surface area contributed by atoms with Crippen LogP contribution in [0.3, 0.4) is 0 Å². The van der Waals surface area contributed by atoms with Gasteiger partial charge in [0.15, 0.2) is 0 Å². The third-order valence-corrected chi connectivity index (χ3v) is 5.09. The Morgan fingerprint density at radius 1 is 1.25 bits per heavy atom. The number of ether oxygens (including phenoxy) is 1. The Morgan fingerprint density at radius 3 is 2.93 bits per heavy atom. The number of hydrogen-bond donors (Lipinski definition) is 1. The Bertz CT molecular complexity index is 827. The van der Waals surface area contributed by atoms with Crippen molar-refractivity contribution in [2.45, 2.75) is 19.0 Å². The zero-order valence-corrected chi connectivity index (χ0v) is 15.7. The maximum absolute atomic E-state index is 10.9. The van der Waals surface area contributed by atoms with Gasteiger partial charge in [0.25, 0.3) is 5.69 Å². The van der Waals surface area contributed by atoms with Crippen molar-refractivity contribution in [2.24, 2.45) is 0 Å². The molecule has 0 aliphatic carbocycles. The number of hydrogen-bond acceptors (Lipinski definition) is 8. The van der Waals surface area contributed by atoms with E-state index in [2.05, 4.69) is 25.1 Å². The molecule has 1 aromatic carbocycles. The summed E-state index contributed by atoms with van der Waals surface area (Å²) < 4.78 is 5.38.